The Labute approximate surface area is 101 Å². The summed E-state index contributed by atoms with van der Waals surface area (Å²) in [6, 6.07) is 5.06. The lowest BCUT2D eigenvalue weighted by atomic mass is 9.94. The fraction of sp³-hybridized carbons (Fsp3) is 0.500. The number of rotatable bonds is 1. The summed E-state index contributed by atoms with van der Waals surface area (Å²) in [4.78, 5) is 13.9. The molecule has 0 saturated heterocycles. The zero-order valence-corrected chi connectivity index (χ0v) is 10.5. The van der Waals surface area contributed by atoms with E-state index in [1.54, 1.807) is 6.07 Å². The van der Waals surface area contributed by atoms with Crippen LogP contribution in [0.5, 0.6) is 0 Å². The van der Waals surface area contributed by atoms with Gasteiger partial charge in [0.2, 0.25) is 5.91 Å². The molecule has 1 atom stereocenters. The molecule has 1 amide bonds. The number of halogens is 1. The Kier molecular flexibility index (Phi) is 3.18. The highest BCUT2D eigenvalue weighted by atomic mass is 19.1. The van der Waals surface area contributed by atoms with Gasteiger partial charge < -0.3 is 4.90 Å². The largest absolute Gasteiger partial charge is 0.335 e. The molecule has 1 heterocycles. The van der Waals surface area contributed by atoms with E-state index in [-0.39, 0.29) is 23.7 Å². The molecule has 1 aliphatic rings. The summed E-state index contributed by atoms with van der Waals surface area (Å²) in [7, 11) is 0. The van der Waals surface area contributed by atoms with Crippen LogP contribution < -0.4 is 0 Å². The first-order chi connectivity index (χ1) is 7.99. The van der Waals surface area contributed by atoms with Crippen LogP contribution in [0.3, 0.4) is 0 Å². The highest BCUT2D eigenvalue weighted by molar-refractivity contribution is 5.78. The average molecular weight is 235 g/mol. The zero-order chi connectivity index (χ0) is 12.6. The fourth-order valence-electron chi connectivity index (χ4n) is 2.34. The first-order valence-corrected chi connectivity index (χ1v) is 6.07. The molecule has 92 valence electrons. The molecule has 0 spiro atoms. The Balaban J connectivity index is 2.28. The molecular weight excluding hydrogens is 217 g/mol. The predicted octanol–water partition coefficient (Wildman–Crippen LogP) is 2.75. The molecule has 1 aromatic rings. The van der Waals surface area contributed by atoms with Crippen molar-refractivity contribution in [2.75, 3.05) is 0 Å². The number of carbonyl (C=O) groups is 1. The topological polar surface area (TPSA) is 20.3 Å². The van der Waals surface area contributed by atoms with E-state index >= 15 is 0 Å². The van der Waals surface area contributed by atoms with Gasteiger partial charge in [-0.25, -0.2) is 4.39 Å². The number of nitrogens with zero attached hydrogens (tertiary/aromatic N) is 1. The minimum absolute atomic E-state index is 0.00689. The Bertz CT molecular complexity index is 442. The third-order valence-corrected chi connectivity index (χ3v) is 3.33. The standard InChI is InChI=1S/C14H18FNO/c1-9(2)14(17)16-8-12-7-13(15)5-4-11(12)6-10(16)3/h4-5,7,9-10H,6,8H2,1-3H3/t10-/m1/s1. The average Bonchev–Trinajstić information content (AvgIpc) is 2.27. The van der Waals surface area contributed by atoms with Gasteiger partial charge in [-0.2, -0.15) is 0 Å². The summed E-state index contributed by atoms with van der Waals surface area (Å²) in [6.45, 7) is 6.38. The van der Waals surface area contributed by atoms with Crippen LogP contribution in [-0.4, -0.2) is 16.8 Å². The molecule has 3 heteroatoms. The van der Waals surface area contributed by atoms with Gasteiger partial charge in [0.05, 0.1) is 0 Å². The zero-order valence-electron chi connectivity index (χ0n) is 10.5. The Morgan fingerprint density at radius 2 is 2.12 bits per heavy atom. The summed E-state index contributed by atoms with van der Waals surface area (Å²) in [6.07, 6.45) is 0.814. The number of amides is 1. The van der Waals surface area contributed by atoms with Crippen LogP contribution in [0.2, 0.25) is 0 Å². The minimum atomic E-state index is -0.227. The maximum atomic E-state index is 13.2. The van der Waals surface area contributed by atoms with Crippen LogP contribution in [0.4, 0.5) is 4.39 Å². The highest BCUT2D eigenvalue weighted by Gasteiger charge is 2.28. The van der Waals surface area contributed by atoms with Crippen molar-refractivity contribution in [3.8, 4) is 0 Å². The van der Waals surface area contributed by atoms with E-state index in [0.29, 0.717) is 6.54 Å². The Morgan fingerprint density at radius 3 is 2.76 bits per heavy atom. The maximum absolute atomic E-state index is 13.2. The van der Waals surface area contributed by atoms with Gasteiger partial charge in [-0.15, -0.1) is 0 Å². The molecule has 0 radical (unpaired) electrons. The highest BCUT2D eigenvalue weighted by Crippen LogP contribution is 2.25. The summed E-state index contributed by atoms with van der Waals surface area (Å²) in [5, 5.41) is 0. The number of hydrogen-bond donors (Lipinski definition) is 0. The van der Waals surface area contributed by atoms with E-state index in [0.717, 1.165) is 17.5 Å². The molecular formula is C14H18FNO. The molecule has 1 aromatic carbocycles. The number of carbonyl (C=O) groups excluding carboxylic acids is 1. The molecule has 0 bridgehead atoms. The van der Waals surface area contributed by atoms with Crippen molar-refractivity contribution in [1.82, 2.24) is 4.90 Å². The summed E-state index contributed by atoms with van der Waals surface area (Å²) in [5.41, 5.74) is 2.10. The van der Waals surface area contributed by atoms with Crippen LogP contribution in [0.15, 0.2) is 18.2 Å². The van der Waals surface area contributed by atoms with Gasteiger partial charge in [-0.05, 0) is 36.6 Å². The molecule has 2 rings (SSSR count). The van der Waals surface area contributed by atoms with E-state index in [4.69, 9.17) is 0 Å². The van der Waals surface area contributed by atoms with E-state index in [1.807, 2.05) is 31.7 Å². The van der Waals surface area contributed by atoms with E-state index in [1.165, 1.54) is 6.07 Å². The molecule has 0 saturated carbocycles. The minimum Gasteiger partial charge on any atom is -0.335 e. The second kappa shape index (κ2) is 4.47. The number of benzene rings is 1. The van der Waals surface area contributed by atoms with Crippen molar-refractivity contribution < 1.29 is 9.18 Å². The summed E-state index contributed by atoms with van der Waals surface area (Å²) < 4.78 is 13.2. The molecule has 0 unspecified atom stereocenters. The number of hydrogen-bond acceptors (Lipinski definition) is 1. The smallest absolute Gasteiger partial charge is 0.225 e. The van der Waals surface area contributed by atoms with Crippen molar-refractivity contribution in [3.05, 3.63) is 35.1 Å². The van der Waals surface area contributed by atoms with Gasteiger partial charge in [0.25, 0.3) is 0 Å². The van der Waals surface area contributed by atoms with Crippen molar-refractivity contribution in [3.63, 3.8) is 0 Å². The van der Waals surface area contributed by atoms with Gasteiger partial charge in [0.15, 0.2) is 0 Å². The first-order valence-electron chi connectivity index (χ1n) is 6.07. The molecule has 17 heavy (non-hydrogen) atoms. The van der Waals surface area contributed by atoms with Crippen LogP contribution in [-0.2, 0) is 17.8 Å². The lowest BCUT2D eigenvalue weighted by Gasteiger charge is -2.36. The molecule has 0 fully saturated rings. The lowest BCUT2D eigenvalue weighted by Crippen LogP contribution is -2.44. The van der Waals surface area contributed by atoms with Gasteiger partial charge in [0, 0.05) is 18.5 Å². The van der Waals surface area contributed by atoms with Crippen LogP contribution >= 0.6 is 0 Å². The lowest BCUT2D eigenvalue weighted by molar-refractivity contribution is -0.137. The van der Waals surface area contributed by atoms with Gasteiger partial charge in [-0.1, -0.05) is 19.9 Å². The second-order valence-electron chi connectivity index (χ2n) is 5.09. The summed E-state index contributed by atoms with van der Waals surface area (Å²) in [5.74, 6) is -0.0878. The first kappa shape index (κ1) is 12.1. The third kappa shape index (κ3) is 2.33. The number of fused-ring (bicyclic) bond motifs is 1. The molecule has 0 aromatic heterocycles. The van der Waals surface area contributed by atoms with Crippen molar-refractivity contribution >= 4 is 5.91 Å². The van der Waals surface area contributed by atoms with E-state index < -0.39 is 0 Å². The normalized spacial score (nSPS) is 19.4. The Hall–Kier alpha value is -1.38. The van der Waals surface area contributed by atoms with Crippen LogP contribution in [0, 0.1) is 11.7 Å². The monoisotopic (exact) mass is 235 g/mol. The van der Waals surface area contributed by atoms with Gasteiger partial charge >= 0.3 is 0 Å². The predicted molar refractivity (Wildman–Crippen MR) is 65.0 cm³/mol. The van der Waals surface area contributed by atoms with Gasteiger partial charge in [0.1, 0.15) is 5.82 Å². The fourth-order valence-corrected chi connectivity index (χ4v) is 2.34. The van der Waals surface area contributed by atoms with Crippen molar-refractivity contribution in [2.45, 2.75) is 39.8 Å². The van der Waals surface area contributed by atoms with Crippen LogP contribution in [0.1, 0.15) is 31.9 Å². The van der Waals surface area contributed by atoms with Gasteiger partial charge in [-0.3, -0.25) is 4.79 Å². The van der Waals surface area contributed by atoms with Crippen LogP contribution in [0.25, 0.3) is 0 Å². The van der Waals surface area contributed by atoms with Crippen molar-refractivity contribution in [2.24, 2.45) is 5.92 Å². The maximum Gasteiger partial charge on any atom is 0.225 e. The third-order valence-electron chi connectivity index (χ3n) is 3.33. The molecule has 2 nitrogen and oxygen atoms in total. The van der Waals surface area contributed by atoms with E-state index in [9.17, 15) is 9.18 Å². The SMILES string of the molecule is CC(C)C(=O)N1Cc2cc(F)ccc2C[C@H]1C. The molecule has 0 aliphatic carbocycles. The molecule has 0 N–H and O–H groups in total. The van der Waals surface area contributed by atoms with E-state index in [2.05, 4.69) is 0 Å². The quantitative estimate of drug-likeness (QED) is 0.733. The molecule has 1 aliphatic heterocycles. The Morgan fingerprint density at radius 1 is 1.41 bits per heavy atom. The second-order valence-corrected chi connectivity index (χ2v) is 5.09. The summed E-state index contributed by atoms with van der Waals surface area (Å²) >= 11 is 0. The van der Waals surface area contributed by atoms with Crippen molar-refractivity contribution in [1.29, 1.82) is 0 Å².